The molecule has 1 atom stereocenters. The summed E-state index contributed by atoms with van der Waals surface area (Å²) in [5, 5.41) is 0. The summed E-state index contributed by atoms with van der Waals surface area (Å²) in [6, 6.07) is 9.71. The number of amides is 1. The number of carbonyl (C=O) groups is 1. The van der Waals surface area contributed by atoms with Crippen LogP contribution in [0.4, 0.5) is 0 Å². The van der Waals surface area contributed by atoms with Gasteiger partial charge in [-0.2, -0.15) is 17.0 Å². The lowest BCUT2D eigenvalue weighted by molar-refractivity contribution is -0.133. The lowest BCUT2D eigenvalue weighted by atomic mass is 10.1. The van der Waals surface area contributed by atoms with Crippen molar-refractivity contribution in [3.8, 4) is 0 Å². The van der Waals surface area contributed by atoms with E-state index in [0.29, 0.717) is 45.8 Å². The van der Waals surface area contributed by atoms with Gasteiger partial charge in [-0.15, -0.1) is 0 Å². The molecule has 1 aromatic rings. The number of nitrogens with zero attached hydrogens (tertiary/aromatic N) is 3. The van der Waals surface area contributed by atoms with Gasteiger partial charge in [0.2, 0.25) is 5.91 Å². The lowest BCUT2D eigenvalue weighted by Crippen LogP contribution is -2.51. The second kappa shape index (κ2) is 8.47. The minimum Gasteiger partial charge on any atom is -0.379 e. The predicted octanol–water partition coefficient (Wildman–Crippen LogP) is 1.08. The molecule has 7 nitrogen and oxygen atoms in total. The number of hydrogen-bond donors (Lipinski definition) is 0. The molecule has 0 aromatic heterocycles. The Bertz CT molecular complexity index is 704. The molecule has 0 spiro atoms. The highest BCUT2D eigenvalue weighted by Gasteiger charge is 2.37. The maximum absolute atomic E-state index is 13.0. The van der Waals surface area contributed by atoms with Gasteiger partial charge < -0.3 is 9.64 Å². The molecular formula is C18H27N3O4S. The van der Waals surface area contributed by atoms with Gasteiger partial charge in [-0.25, -0.2) is 0 Å². The van der Waals surface area contributed by atoms with E-state index >= 15 is 0 Å². The third kappa shape index (κ3) is 4.25. The average molecular weight is 381 g/mol. The zero-order valence-electron chi connectivity index (χ0n) is 15.2. The van der Waals surface area contributed by atoms with Crippen LogP contribution in [0.3, 0.4) is 0 Å². The molecule has 2 heterocycles. The zero-order chi connectivity index (χ0) is 18.6. The van der Waals surface area contributed by atoms with Gasteiger partial charge in [0.1, 0.15) is 0 Å². The summed E-state index contributed by atoms with van der Waals surface area (Å²) >= 11 is 0. The summed E-state index contributed by atoms with van der Waals surface area (Å²) in [6.07, 6.45) is 0.931. The van der Waals surface area contributed by atoms with E-state index in [0.717, 1.165) is 5.56 Å². The van der Waals surface area contributed by atoms with E-state index in [4.69, 9.17) is 4.74 Å². The molecule has 0 aliphatic carbocycles. The highest BCUT2D eigenvalue weighted by atomic mass is 32.2. The van der Waals surface area contributed by atoms with Crippen LogP contribution in [-0.2, 0) is 26.3 Å². The first-order chi connectivity index (χ1) is 12.5. The normalized spacial score (nSPS) is 23.8. The van der Waals surface area contributed by atoms with Gasteiger partial charge in [0.15, 0.2) is 0 Å². The van der Waals surface area contributed by atoms with Crippen molar-refractivity contribution < 1.29 is 17.9 Å². The fourth-order valence-electron chi connectivity index (χ4n) is 3.49. The van der Waals surface area contributed by atoms with Crippen LogP contribution in [0.15, 0.2) is 30.3 Å². The zero-order valence-corrected chi connectivity index (χ0v) is 16.0. The second-order valence-electron chi connectivity index (χ2n) is 6.70. The van der Waals surface area contributed by atoms with Gasteiger partial charge in [-0.1, -0.05) is 37.3 Å². The maximum Gasteiger partial charge on any atom is 0.282 e. The molecule has 8 heteroatoms. The molecule has 1 unspecified atom stereocenters. The van der Waals surface area contributed by atoms with Crippen LogP contribution in [0, 0.1) is 0 Å². The van der Waals surface area contributed by atoms with Crippen LogP contribution in [0.5, 0.6) is 0 Å². The van der Waals surface area contributed by atoms with E-state index < -0.39 is 10.2 Å². The summed E-state index contributed by atoms with van der Waals surface area (Å²) < 4.78 is 34.2. The number of benzene rings is 1. The minimum absolute atomic E-state index is 0.0142. The first-order valence-corrected chi connectivity index (χ1v) is 10.6. The molecule has 144 valence electrons. The van der Waals surface area contributed by atoms with Crippen molar-refractivity contribution >= 4 is 16.1 Å². The largest absolute Gasteiger partial charge is 0.379 e. The Kier molecular flexibility index (Phi) is 6.29. The van der Waals surface area contributed by atoms with Crippen molar-refractivity contribution in [1.82, 2.24) is 13.5 Å². The predicted molar refractivity (Wildman–Crippen MR) is 98.6 cm³/mol. The van der Waals surface area contributed by atoms with Crippen molar-refractivity contribution in [2.24, 2.45) is 0 Å². The molecule has 0 N–H and O–H groups in total. The summed E-state index contributed by atoms with van der Waals surface area (Å²) in [7, 11) is -3.56. The van der Waals surface area contributed by atoms with Crippen LogP contribution in [-0.4, -0.2) is 73.3 Å². The Labute approximate surface area is 155 Å². The van der Waals surface area contributed by atoms with Gasteiger partial charge in [-0.05, 0) is 12.0 Å². The van der Waals surface area contributed by atoms with E-state index in [1.165, 1.54) is 8.61 Å². The maximum atomic E-state index is 13.0. The van der Waals surface area contributed by atoms with Crippen LogP contribution < -0.4 is 0 Å². The Balaban J connectivity index is 1.77. The van der Waals surface area contributed by atoms with Crippen molar-refractivity contribution in [2.75, 3.05) is 39.4 Å². The molecule has 0 saturated carbocycles. The van der Waals surface area contributed by atoms with Crippen molar-refractivity contribution in [3.63, 3.8) is 0 Å². The SMILES string of the molecule is CCC1CN(S(=O)(=O)N2CCOCC2)CCC(=O)N1Cc1ccccc1. The Morgan fingerprint density at radius 3 is 2.42 bits per heavy atom. The molecule has 0 radical (unpaired) electrons. The number of hydrogen-bond acceptors (Lipinski definition) is 4. The van der Waals surface area contributed by atoms with Gasteiger partial charge >= 0.3 is 0 Å². The monoisotopic (exact) mass is 381 g/mol. The second-order valence-corrected chi connectivity index (χ2v) is 8.62. The molecule has 2 saturated heterocycles. The molecular weight excluding hydrogens is 354 g/mol. The highest BCUT2D eigenvalue weighted by Crippen LogP contribution is 2.21. The van der Waals surface area contributed by atoms with E-state index in [1.807, 2.05) is 42.2 Å². The fourth-order valence-corrected chi connectivity index (χ4v) is 5.11. The molecule has 2 aliphatic heterocycles. The van der Waals surface area contributed by atoms with Crippen molar-refractivity contribution in [3.05, 3.63) is 35.9 Å². The van der Waals surface area contributed by atoms with Gasteiger partial charge in [0.05, 0.1) is 13.2 Å². The molecule has 1 amide bonds. The smallest absolute Gasteiger partial charge is 0.282 e. The highest BCUT2D eigenvalue weighted by molar-refractivity contribution is 7.86. The van der Waals surface area contributed by atoms with Crippen LogP contribution in [0.1, 0.15) is 25.3 Å². The number of rotatable bonds is 5. The topological polar surface area (TPSA) is 70.2 Å². The Morgan fingerprint density at radius 2 is 1.77 bits per heavy atom. The molecule has 1 aromatic carbocycles. The average Bonchev–Trinajstić information content (AvgIpc) is 2.83. The molecule has 2 fully saturated rings. The van der Waals surface area contributed by atoms with Gasteiger partial charge in [0, 0.05) is 45.2 Å². The van der Waals surface area contributed by atoms with Crippen LogP contribution in [0.2, 0.25) is 0 Å². The van der Waals surface area contributed by atoms with Crippen LogP contribution >= 0.6 is 0 Å². The van der Waals surface area contributed by atoms with Crippen LogP contribution in [0.25, 0.3) is 0 Å². The van der Waals surface area contributed by atoms with Gasteiger partial charge in [0.25, 0.3) is 10.2 Å². The molecule has 0 bridgehead atoms. The molecule has 2 aliphatic rings. The first-order valence-electron chi connectivity index (χ1n) is 9.18. The van der Waals surface area contributed by atoms with E-state index in [-0.39, 0.29) is 24.9 Å². The first kappa shape index (κ1) is 19.3. The van der Waals surface area contributed by atoms with Gasteiger partial charge in [-0.3, -0.25) is 4.79 Å². The number of ether oxygens (including phenoxy) is 1. The third-order valence-corrected chi connectivity index (χ3v) is 7.04. The summed E-state index contributed by atoms with van der Waals surface area (Å²) in [5.74, 6) is 0.0142. The Hall–Kier alpha value is -1.48. The summed E-state index contributed by atoms with van der Waals surface area (Å²) in [4.78, 5) is 14.5. The third-order valence-electron chi connectivity index (χ3n) is 5.04. The quantitative estimate of drug-likeness (QED) is 0.765. The minimum atomic E-state index is -3.56. The van der Waals surface area contributed by atoms with Crippen molar-refractivity contribution in [2.45, 2.75) is 32.4 Å². The van der Waals surface area contributed by atoms with Crippen molar-refractivity contribution in [1.29, 1.82) is 0 Å². The fraction of sp³-hybridized carbons (Fsp3) is 0.611. The number of carbonyl (C=O) groups excluding carboxylic acids is 1. The summed E-state index contributed by atoms with van der Waals surface area (Å²) in [5.41, 5.74) is 1.06. The van der Waals surface area contributed by atoms with E-state index in [1.54, 1.807) is 0 Å². The standard InChI is InChI=1S/C18H27N3O4S/c1-2-17-15-20(26(23,24)19-10-12-25-13-11-19)9-8-18(22)21(17)14-16-6-4-3-5-7-16/h3-7,17H,2,8-15H2,1H3. The van der Waals surface area contributed by atoms with E-state index in [2.05, 4.69) is 0 Å². The number of morpholine rings is 1. The van der Waals surface area contributed by atoms with E-state index in [9.17, 15) is 13.2 Å². The molecule has 26 heavy (non-hydrogen) atoms. The summed E-state index contributed by atoms with van der Waals surface area (Å²) in [6.45, 7) is 4.68. The molecule has 3 rings (SSSR count). The Morgan fingerprint density at radius 1 is 1.08 bits per heavy atom. The lowest BCUT2D eigenvalue weighted by Gasteiger charge is -2.34.